The highest BCUT2D eigenvalue weighted by molar-refractivity contribution is 5.73. The van der Waals surface area contributed by atoms with E-state index in [1.54, 1.807) is 0 Å². The van der Waals surface area contributed by atoms with E-state index in [1.807, 2.05) is 0 Å². The van der Waals surface area contributed by atoms with Gasteiger partial charge in [-0.1, -0.05) is 0 Å². The molecule has 0 aliphatic carbocycles. The van der Waals surface area contributed by atoms with E-state index in [0.29, 0.717) is 12.1 Å². The van der Waals surface area contributed by atoms with Crippen molar-refractivity contribution in [3.63, 3.8) is 0 Å². The molecule has 2 aromatic rings. The summed E-state index contributed by atoms with van der Waals surface area (Å²) >= 11 is 0. The number of nitrogens with two attached hydrogens (primary N) is 1. The maximum atomic E-state index is 13.1. The van der Waals surface area contributed by atoms with Gasteiger partial charge in [0.1, 0.15) is 17.5 Å². The summed E-state index contributed by atoms with van der Waals surface area (Å²) in [6, 6.07) is 4.19. The molecule has 0 heterocycles. The van der Waals surface area contributed by atoms with Crippen molar-refractivity contribution in [2.24, 2.45) is 0 Å². The lowest BCUT2D eigenvalue weighted by molar-refractivity contribution is 0.584. The van der Waals surface area contributed by atoms with Gasteiger partial charge in [-0.25, -0.2) is 17.6 Å². The van der Waals surface area contributed by atoms with E-state index in [1.165, 1.54) is 0 Å². The molecule has 0 spiro atoms. The SMILES string of the molecule is Nc1c(F)cc(F)cc1Nc1cc(F)cc(F)c1. The Balaban J connectivity index is 2.39. The van der Waals surface area contributed by atoms with E-state index >= 15 is 0 Å². The average Bonchev–Trinajstić information content (AvgIpc) is 2.23. The number of nitrogens with one attached hydrogen (secondary N) is 1. The predicted octanol–water partition coefficient (Wildman–Crippen LogP) is 3.57. The van der Waals surface area contributed by atoms with Crippen molar-refractivity contribution >= 4 is 17.1 Å². The van der Waals surface area contributed by atoms with Gasteiger partial charge in [0.2, 0.25) is 0 Å². The molecule has 0 bridgehead atoms. The molecule has 0 atom stereocenters. The first-order valence-electron chi connectivity index (χ1n) is 4.93. The molecule has 0 aliphatic rings. The van der Waals surface area contributed by atoms with Crippen molar-refractivity contribution in [2.75, 3.05) is 11.1 Å². The number of rotatable bonds is 2. The Morgan fingerprint density at radius 3 is 1.94 bits per heavy atom. The van der Waals surface area contributed by atoms with Gasteiger partial charge in [0.15, 0.2) is 5.82 Å². The van der Waals surface area contributed by atoms with Crippen LogP contribution in [-0.4, -0.2) is 0 Å². The Kier molecular flexibility index (Phi) is 3.10. The highest BCUT2D eigenvalue weighted by atomic mass is 19.1. The van der Waals surface area contributed by atoms with Gasteiger partial charge in [-0.05, 0) is 18.2 Å². The van der Waals surface area contributed by atoms with Crippen molar-refractivity contribution in [2.45, 2.75) is 0 Å². The summed E-state index contributed by atoms with van der Waals surface area (Å²) in [5.41, 5.74) is 4.96. The largest absolute Gasteiger partial charge is 0.395 e. The predicted molar refractivity (Wildman–Crippen MR) is 60.4 cm³/mol. The quantitative estimate of drug-likeness (QED) is 0.636. The Morgan fingerprint density at radius 1 is 0.778 bits per heavy atom. The van der Waals surface area contributed by atoms with E-state index in [9.17, 15) is 17.6 Å². The molecule has 0 saturated carbocycles. The lowest BCUT2D eigenvalue weighted by Gasteiger charge is -2.10. The number of nitrogen functional groups attached to an aromatic ring is 1. The first-order valence-corrected chi connectivity index (χ1v) is 4.93. The fraction of sp³-hybridized carbons (Fsp3) is 0. The van der Waals surface area contributed by atoms with Crippen LogP contribution in [0.25, 0.3) is 0 Å². The van der Waals surface area contributed by atoms with E-state index in [-0.39, 0.29) is 17.1 Å². The number of hydrogen-bond donors (Lipinski definition) is 2. The maximum absolute atomic E-state index is 13.1. The van der Waals surface area contributed by atoms with Gasteiger partial charge >= 0.3 is 0 Å². The van der Waals surface area contributed by atoms with Crippen LogP contribution in [-0.2, 0) is 0 Å². The van der Waals surface area contributed by atoms with Crippen LogP contribution in [0.1, 0.15) is 0 Å². The van der Waals surface area contributed by atoms with Gasteiger partial charge in [0, 0.05) is 17.8 Å². The van der Waals surface area contributed by atoms with Gasteiger partial charge in [0.25, 0.3) is 0 Å². The molecular formula is C12H8F4N2. The van der Waals surface area contributed by atoms with Crippen LogP contribution in [0.4, 0.5) is 34.6 Å². The summed E-state index contributed by atoms with van der Waals surface area (Å²) in [6.07, 6.45) is 0. The third-order valence-electron chi connectivity index (χ3n) is 2.24. The summed E-state index contributed by atoms with van der Waals surface area (Å²) < 4.78 is 52.0. The lowest BCUT2D eigenvalue weighted by atomic mass is 10.2. The van der Waals surface area contributed by atoms with E-state index in [0.717, 1.165) is 18.2 Å². The molecule has 0 aromatic heterocycles. The normalized spacial score (nSPS) is 10.4. The molecule has 2 aromatic carbocycles. The van der Waals surface area contributed by atoms with Gasteiger partial charge in [-0.3, -0.25) is 0 Å². The van der Waals surface area contributed by atoms with Crippen molar-refractivity contribution in [1.82, 2.24) is 0 Å². The number of halogens is 4. The molecule has 0 aliphatic heterocycles. The second-order valence-electron chi connectivity index (χ2n) is 3.63. The summed E-state index contributed by atoms with van der Waals surface area (Å²) in [7, 11) is 0. The molecule has 3 N–H and O–H groups in total. The summed E-state index contributed by atoms with van der Waals surface area (Å²) in [4.78, 5) is 0. The molecule has 0 fully saturated rings. The molecule has 94 valence electrons. The van der Waals surface area contributed by atoms with Crippen molar-refractivity contribution in [1.29, 1.82) is 0 Å². The van der Waals surface area contributed by atoms with E-state index in [2.05, 4.69) is 5.32 Å². The summed E-state index contributed by atoms with van der Waals surface area (Å²) in [6.45, 7) is 0. The maximum Gasteiger partial charge on any atom is 0.151 e. The first-order chi connectivity index (χ1) is 8.45. The molecule has 0 unspecified atom stereocenters. The molecule has 2 nitrogen and oxygen atoms in total. The fourth-order valence-corrected chi connectivity index (χ4v) is 1.47. The number of anilines is 3. The number of hydrogen-bond acceptors (Lipinski definition) is 2. The van der Waals surface area contributed by atoms with Gasteiger partial charge < -0.3 is 11.1 Å². The van der Waals surface area contributed by atoms with Crippen LogP contribution < -0.4 is 11.1 Å². The van der Waals surface area contributed by atoms with Gasteiger partial charge in [-0.2, -0.15) is 0 Å². The van der Waals surface area contributed by atoms with Crippen molar-refractivity contribution < 1.29 is 17.6 Å². The monoisotopic (exact) mass is 256 g/mol. The molecule has 0 saturated heterocycles. The third-order valence-corrected chi connectivity index (χ3v) is 2.24. The number of benzene rings is 2. The molecular weight excluding hydrogens is 248 g/mol. The Morgan fingerprint density at radius 2 is 1.33 bits per heavy atom. The third kappa shape index (κ3) is 2.53. The fourth-order valence-electron chi connectivity index (χ4n) is 1.47. The topological polar surface area (TPSA) is 38.0 Å². The van der Waals surface area contributed by atoms with Gasteiger partial charge in [-0.15, -0.1) is 0 Å². The van der Waals surface area contributed by atoms with Crippen molar-refractivity contribution in [3.8, 4) is 0 Å². The van der Waals surface area contributed by atoms with E-state index in [4.69, 9.17) is 5.73 Å². The zero-order valence-corrected chi connectivity index (χ0v) is 8.98. The standard InChI is InChI=1S/C12H8F4N2/c13-6-1-7(14)3-9(2-6)18-11-5-8(15)4-10(16)12(11)17/h1-5,18H,17H2. The molecule has 0 amide bonds. The lowest BCUT2D eigenvalue weighted by Crippen LogP contribution is -2.01. The van der Waals surface area contributed by atoms with Crippen molar-refractivity contribution in [3.05, 3.63) is 53.6 Å². The highest BCUT2D eigenvalue weighted by Gasteiger charge is 2.09. The van der Waals surface area contributed by atoms with Crippen LogP contribution in [0, 0.1) is 23.3 Å². The van der Waals surface area contributed by atoms with Crippen LogP contribution in [0.2, 0.25) is 0 Å². The molecule has 18 heavy (non-hydrogen) atoms. The summed E-state index contributed by atoms with van der Waals surface area (Å²) in [5, 5.41) is 2.45. The average molecular weight is 256 g/mol. The Bertz CT molecular complexity index is 579. The first kappa shape index (κ1) is 12.2. The smallest absolute Gasteiger partial charge is 0.151 e. The highest BCUT2D eigenvalue weighted by Crippen LogP contribution is 2.27. The Labute approximate surface area is 100 Å². The van der Waals surface area contributed by atoms with Crippen LogP contribution in [0.15, 0.2) is 30.3 Å². The minimum absolute atomic E-state index is 0.00389. The zero-order valence-electron chi connectivity index (χ0n) is 8.98. The molecule has 2 rings (SSSR count). The molecule has 6 heteroatoms. The second kappa shape index (κ2) is 4.56. The van der Waals surface area contributed by atoms with E-state index < -0.39 is 23.3 Å². The summed E-state index contributed by atoms with van der Waals surface area (Å²) in [5.74, 6) is -3.42. The van der Waals surface area contributed by atoms with Crippen LogP contribution >= 0.6 is 0 Å². The van der Waals surface area contributed by atoms with Crippen LogP contribution in [0.3, 0.4) is 0 Å². The Hall–Kier alpha value is -2.24. The molecule has 0 radical (unpaired) electrons. The minimum Gasteiger partial charge on any atom is -0.395 e. The van der Waals surface area contributed by atoms with Crippen LogP contribution in [0.5, 0.6) is 0 Å². The second-order valence-corrected chi connectivity index (χ2v) is 3.63. The minimum atomic E-state index is -0.950. The van der Waals surface area contributed by atoms with Gasteiger partial charge in [0.05, 0.1) is 11.4 Å². The zero-order chi connectivity index (χ0) is 13.3.